The first-order chi connectivity index (χ1) is 7.93. The van der Waals surface area contributed by atoms with Crippen molar-refractivity contribution in [2.24, 2.45) is 0 Å². The van der Waals surface area contributed by atoms with Crippen LogP contribution in [0, 0.1) is 0 Å². The number of nitrogens with one attached hydrogen (secondary N) is 1. The zero-order chi connectivity index (χ0) is 12.9. The summed E-state index contributed by atoms with van der Waals surface area (Å²) in [5, 5.41) is 3.18. The molecule has 3 nitrogen and oxygen atoms in total. The molecule has 1 unspecified atom stereocenters. The summed E-state index contributed by atoms with van der Waals surface area (Å²) in [7, 11) is 0. The van der Waals surface area contributed by atoms with Crippen molar-refractivity contribution in [1.82, 2.24) is 10.2 Å². The van der Waals surface area contributed by atoms with Crippen LogP contribution in [-0.2, 0) is 4.79 Å². The van der Waals surface area contributed by atoms with E-state index in [1.54, 1.807) is 0 Å². The van der Waals surface area contributed by atoms with Gasteiger partial charge in [-0.2, -0.15) is 0 Å². The lowest BCUT2D eigenvalue weighted by molar-refractivity contribution is -0.122. The van der Waals surface area contributed by atoms with E-state index in [-0.39, 0.29) is 11.4 Å². The molecule has 1 saturated heterocycles. The van der Waals surface area contributed by atoms with E-state index in [0.717, 1.165) is 32.4 Å². The van der Waals surface area contributed by atoms with Crippen molar-refractivity contribution in [1.29, 1.82) is 0 Å². The summed E-state index contributed by atoms with van der Waals surface area (Å²) in [6.45, 7) is 11.0. The number of likely N-dealkylation sites (tertiary alicyclic amines) is 1. The standard InChI is InChI=1S/C14H28N2O/c1-5-6-9-13(17)15-12-8-7-10-16(11-12)14(2,3)4/h12H,5-11H2,1-4H3,(H,15,17). The second kappa shape index (κ2) is 6.39. The molecule has 1 heterocycles. The second-order valence-electron chi connectivity index (χ2n) is 6.13. The molecule has 1 rings (SSSR count). The van der Waals surface area contributed by atoms with Gasteiger partial charge in [0, 0.05) is 24.5 Å². The molecule has 1 aliphatic heterocycles. The Labute approximate surface area is 106 Å². The summed E-state index contributed by atoms with van der Waals surface area (Å²) >= 11 is 0. The highest BCUT2D eigenvalue weighted by Gasteiger charge is 2.28. The van der Waals surface area contributed by atoms with Crippen molar-refractivity contribution < 1.29 is 4.79 Å². The fraction of sp³-hybridized carbons (Fsp3) is 0.929. The first kappa shape index (κ1) is 14.5. The number of nitrogens with zero attached hydrogens (tertiary/aromatic N) is 1. The average Bonchev–Trinajstić information content (AvgIpc) is 2.25. The molecule has 17 heavy (non-hydrogen) atoms. The second-order valence-corrected chi connectivity index (χ2v) is 6.13. The molecule has 0 radical (unpaired) electrons. The van der Waals surface area contributed by atoms with E-state index in [0.29, 0.717) is 12.5 Å². The van der Waals surface area contributed by atoms with E-state index in [4.69, 9.17) is 0 Å². The van der Waals surface area contributed by atoms with Gasteiger partial charge in [-0.25, -0.2) is 0 Å². The van der Waals surface area contributed by atoms with E-state index in [1.807, 2.05) is 0 Å². The molecule has 0 aromatic rings. The maximum absolute atomic E-state index is 11.7. The van der Waals surface area contributed by atoms with Gasteiger partial charge in [-0.3, -0.25) is 9.69 Å². The van der Waals surface area contributed by atoms with Crippen molar-refractivity contribution in [2.45, 2.75) is 71.4 Å². The molecule has 0 aromatic heterocycles. The third kappa shape index (κ3) is 5.07. The Balaban J connectivity index is 2.37. The van der Waals surface area contributed by atoms with Gasteiger partial charge in [0.05, 0.1) is 0 Å². The number of rotatable bonds is 4. The van der Waals surface area contributed by atoms with E-state index in [2.05, 4.69) is 37.9 Å². The van der Waals surface area contributed by atoms with Gasteiger partial charge < -0.3 is 5.32 Å². The lowest BCUT2D eigenvalue weighted by Gasteiger charge is -2.41. The highest BCUT2D eigenvalue weighted by molar-refractivity contribution is 5.76. The number of piperidine rings is 1. The minimum absolute atomic E-state index is 0.215. The van der Waals surface area contributed by atoms with Crippen LogP contribution in [0.15, 0.2) is 0 Å². The Bertz CT molecular complexity index is 245. The summed E-state index contributed by atoms with van der Waals surface area (Å²) < 4.78 is 0. The van der Waals surface area contributed by atoms with Crippen LogP contribution in [0.4, 0.5) is 0 Å². The van der Waals surface area contributed by atoms with Gasteiger partial charge in [0.15, 0.2) is 0 Å². The zero-order valence-corrected chi connectivity index (χ0v) is 11.9. The smallest absolute Gasteiger partial charge is 0.220 e. The monoisotopic (exact) mass is 240 g/mol. The largest absolute Gasteiger partial charge is 0.352 e. The molecule has 1 N–H and O–H groups in total. The van der Waals surface area contributed by atoms with E-state index < -0.39 is 0 Å². The minimum Gasteiger partial charge on any atom is -0.352 e. The molecular weight excluding hydrogens is 212 g/mol. The first-order valence-electron chi connectivity index (χ1n) is 6.98. The summed E-state index contributed by atoms with van der Waals surface area (Å²) in [6, 6.07) is 0.354. The highest BCUT2D eigenvalue weighted by atomic mass is 16.1. The summed E-state index contributed by atoms with van der Waals surface area (Å²) in [5.74, 6) is 0.229. The molecule has 0 spiro atoms. The van der Waals surface area contributed by atoms with Crippen LogP contribution >= 0.6 is 0 Å². The predicted molar refractivity (Wildman–Crippen MR) is 72.0 cm³/mol. The number of carbonyl (C=O) groups is 1. The number of amides is 1. The zero-order valence-electron chi connectivity index (χ0n) is 11.9. The van der Waals surface area contributed by atoms with Crippen molar-refractivity contribution in [3.63, 3.8) is 0 Å². The van der Waals surface area contributed by atoms with Crippen LogP contribution in [0.3, 0.4) is 0 Å². The number of hydrogen-bond donors (Lipinski definition) is 1. The lowest BCUT2D eigenvalue weighted by atomic mass is 9.98. The normalized spacial score (nSPS) is 22.5. The highest BCUT2D eigenvalue weighted by Crippen LogP contribution is 2.20. The van der Waals surface area contributed by atoms with Crippen LogP contribution in [0.1, 0.15) is 59.8 Å². The van der Waals surface area contributed by atoms with Gasteiger partial charge in [-0.05, 0) is 46.6 Å². The van der Waals surface area contributed by atoms with Crippen LogP contribution in [0.2, 0.25) is 0 Å². The Hall–Kier alpha value is -0.570. The molecule has 0 aromatic carbocycles. The summed E-state index contributed by atoms with van der Waals surface area (Å²) in [6.07, 6.45) is 5.09. The van der Waals surface area contributed by atoms with E-state index in [9.17, 15) is 4.79 Å². The third-order valence-electron chi connectivity index (χ3n) is 3.49. The van der Waals surface area contributed by atoms with Crippen molar-refractivity contribution in [3.05, 3.63) is 0 Å². The van der Waals surface area contributed by atoms with Crippen LogP contribution in [0.25, 0.3) is 0 Å². The van der Waals surface area contributed by atoms with Gasteiger partial charge in [0.25, 0.3) is 0 Å². The summed E-state index contributed by atoms with van der Waals surface area (Å²) in [5.41, 5.74) is 0.215. The molecule has 3 heteroatoms. The Morgan fingerprint density at radius 3 is 2.71 bits per heavy atom. The molecule has 1 atom stereocenters. The fourth-order valence-electron chi connectivity index (χ4n) is 2.34. The average molecular weight is 240 g/mol. The van der Waals surface area contributed by atoms with Crippen molar-refractivity contribution >= 4 is 5.91 Å². The van der Waals surface area contributed by atoms with Crippen molar-refractivity contribution in [2.75, 3.05) is 13.1 Å². The van der Waals surface area contributed by atoms with Crippen LogP contribution < -0.4 is 5.32 Å². The first-order valence-corrected chi connectivity index (χ1v) is 6.98. The predicted octanol–water partition coefficient (Wildman–Crippen LogP) is 2.56. The summed E-state index contributed by atoms with van der Waals surface area (Å²) in [4.78, 5) is 14.2. The Morgan fingerprint density at radius 1 is 1.41 bits per heavy atom. The lowest BCUT2D eigenvalue weighted by Crippen LogP contribution is -2.53. The van der Waals surface area contributed by atoms with Crippen molar-refractivity contribution in [3.8, 4) is 0 Å². The molecule has 1 aliphatic rings. The Morgan fingerprint density at radius 2 is 2.12 bits per heavy atom. The van der Waals surface area contributed by atoms with Gasteiger partial charge in [0.2, 0.25) is 5.91 Å². The molecule has 0 aliphatic carbocycles. The molecule has 1 fully saturated rings. The Kier molecular flexibility index (Phi) is 5.44. The minimum atomic E-state index is 0.215. The topological polar surface area (TPSA) is 32.3 Å². The van der Waals surface area contributed by atoms with Crippen LogP contribution in [0.5, 0.6) is 0 Å². The van der Waals surface area contributed by atoms with E-state index >= 15 is 0 Å². The van der Waals surface area contributed by atoms with Crippen LogP contribution in [-0.4, -0.2) is 35.5 Å². The molecule has 100 valence electrons. The van der Waals surface area contributed by atoms with Gasteiger partial charge in [0.1, 0.15) is 0 Å². The van der Waals surface area contributed by atoms with Gasteiger partial charge >= 0.3 is 0 Å². The SMILES string of the molecule is CCCCC(=O)NC1CCCN(C(C)(C)C)C1. The maximum atomic E-state index is 11.7. The van der Waals surface area contributed by atoms with Gasteiger partial charge in [-0.15, -0.1) is 0 Å². The quantitative estimate of drug-likeness (QED) is 0.819. The molecular formula is C14H28N2O. The maximum Gasteiger partial charge on any atom is 0.220 e. The number of carbonyl (C=O) groups excluding carboxylic acids is 1. The molecule has 0 bridgehead atoms. The van der Waals surface area contributed by atoms with E-state index in [1.165, 1.54) is 6.42 Å². The third-order valence-corrected chi connectivity index (χ3v) is 3.49. The fourth-order valence-corrected chi connectivity index (χ4v) is 2.34. The molecule has 1 amide bonds. The number of hydrogen-bond acceptors (Lipinski definition) is 2. The van der Waals surface area contributed by atoms with Gasteiger partial charge in [-0.1, -0.05) is 13.3 Å². The number of unbranched alkanes of at least 4 members (excludes halogenated alkanes) is 1. The molecule has 0 saturated carbocycles.